The van der Waals surface area contributed by atoms with Gasteiger partial charge in [-0.25, -0.2) is 4.98 Å². The van der Waals surface area contributed by atoms with Crippen molar-refractivity contribution in [3.8, 4) is 0 Å². The quantitative estimate of drug-likeness (QED) is 0.486. The number of benzene rings is 1. The van der Waals surface area contributed by atoms with Crippen molar-refractivity contribution in [1.29, 1.82) is 0 Å². The van der Waals surface area contributed by atoms with E-state index in [0.29, 0.717) is 6.04 Å². The number of aliphatic imine (C=N–C) groups is 1. The molecule has 1 saturated carbocycles. The van der Waals surface area contributed by atoms with Crippen molar-refractivity contribution in [1.82, 2.24) is 20.2 Å². The fourth-order valence-electron chi connectivity index (χ4n) is 2.36. The Labute approximate surface area is 125 Å². The van der Waals surface area contributed by atoms with E-state index in [0.717, 1.165) is 37.5 Å². The number of hydrogen-bond acceptors (Lipinski definition) is 2. The van der Waals surface area contributed by atoms with Gasteiger partial charge in [0.2, 0.25) is 0 Å². The standard InChI is InChI=1S/C16H23N5/c1-2-17-16(20-13-8-9-13)18-10-5-11-21-12-19-14-6-3-4-7-15(14)21/h3-4,6-7,12-13H,2,5,8-11H2,1H3,(H2,17,18,20). The molecule has 0 bridgehead atoms. The average Bonchev–Trinajstić information content (AvgIpc) is 3.22. The number of hydrogen-bond donors (Lipinski definition) is 2. The van der Waals surface area contributed by atoms with Crippen LogP contribution in [-0.4, -0.2) is 34.6 Å². The Kier molecular flexibility index (Phi) is 4.38. The highest BCUT2D eigenvalue weighted by atomic mass is 15.2. The molecule has 3 rings (SSSR count). The SMILES string of the molecule is CCNC(=NCCCn1cnc2ccccc21)NC1CC1. The van der Waals surface area contributed by atoms with E-state index in [2.05, 4.69) is 44.2 Å². The number of aryl methyl sites for hydroxylation is 1. The van der Waals surface area contributed by atoms with Gasteiger partial charge in [-0.15, -0.1) is 0 Å². The molecule has 2 aromatic rings. The summed E-state index contributed by atoms with van der Waals surface area (Å²) in [6.07, 6.45) is 5.47. The van der Waals surface area contributed by atoms with Gasteiger partial charge in [-0.05, 0) is 38.3 Å². The van der Waals surface area contributed by atoms with E-state index in [1.165, 1.54) is 18.4 Å². The van der Waals surface area contributed by atoms with Crippen LogP contribution in [0.2, 0.25) is 0 Å². The molecule has 1 aliphatic rings. The Bertz CT molecular complexity index is 612. The molecule has 0 saturated heterocycles. The second-order valence-corrected chi connectivity index (χ2v) is 5.46. The molecule has 1 fully saturated rings. The van der Waals surface area contributed by atoms with Gasteiger partial charge < -0.3 is 15.2 Å². The van der Waals surface area contributed by atoms with Crippen LogP contribution in [0.4, 0.5) is 0 Å². The van der Waals surface area contributed by atoms with Gasteiger partial charge >= 0.3 is 0 Å². The molecule has 1 aliphatic carbocycles. The predicted octanol–water partition coefficient (Wildman–Crippen LogP) is 2.14. The van der Waals surface area contributed by atoms with Crippen LogP contribution in [0.25, 0.3) is 11.0 Å². The zero-order valence-corrected chi connectivity index (χ0v) is 12.5. The van der Waals surface area contributed by atoms with Crippen LogP contribution in [0.5, 0.6) is 0 Å². The van der Waals surface area contributed by atoms with E-state index in [1.807, 2.05) is 18.5 Å². The lowest BCUT2D eigenvalue weighted by Crippen LogP contribution is -2.38. The monoisotopic (exact) mass is 285 g/mol. The molecule has 0 unspecified atom stereocenters. The largest absolute Gasteiger partial charge is 0.357 e. The second kappa shape index (κ2) is 6.61. The molecule has 1 aromatic heterocycles. The van der Waals surface area contributed by atoms with Crippen LogP contribution in [0.3, 0.4) is 0 Å². The van der Waals surface area contributed by atoms with Crippen LogP contribution in [-0.2, 0) is 6.54 Å². The molecule has 0 amide bonds. The molecule has 0 atom stereocenters. The number of rotatable bonds is 6. The average molecular weight is 285 g/mol. The van der Waals surface area contributed by atoms with Crippen molar-refractivity contribution >= 4 is 17.0 Å². The van der Waals surface area contributed by atoms with Crippen molar-refractivity contribution in [2.24, 2.45) is 4.99 Å². The van der Waals surface area contributed by atoms with E-state index in [4.69, 9.17) is 0 Å². The Hall–Kier alpha value is -2.04. The number of nitrogens with zero attached hydrogens (tertiary/aromatic N) is 3. The minimum Gasteiger partial charge on any atom is -0.357 e. The third-order valence-corrected chi connectivity index (χ3v) is 3.62. The van der Waals surface area contributed by atoms with Crippen molar-refractivity contribution < 1.29 is 0 Å². The summed E-state index contributed by atoms with van der Waals surface area (Å²) in [6.45, 7) is 4.79. The maximum absolute atomic E-state index is 4.63. The molecule has 1 aromatic carbocycles. The van der Waals surface area contributed by atoms with Gasteiger partial charge in [-0.2, -0.15) is 0 Å². The van der Waals surface area contributed by atoms with E-state index in [9.17, 15) is 0 Å². The minimum atomic E-state index is 0.639. The van der Waals surface area contributed by atoms with Crippen molar-refractivity contribution in [3.63, 3.8) is 0 Å². The van der Waals surface area contributed by atoms with Crippen LogP contribution in [0.15, 0.2) is 35.6 Å². The van der Waals surface area contributed by atoms with Gasteiger partial charge in [-0.3, -0.25) is 4.99 Å². The summed E-state index contributed by atoms with van der Waals surface area (Å²) in [5.41, 5.74) is 2.26. The molecule has 5 nitrogen and oxygen atoms in total. The Balaban J connectivity index is 1.52. The van der Waals surface area contributed by atoms with E-state index in [-0.39, 0.29) is 0 Å². The second-order valence-electron chi connectivity index (χ2n) is 5.46. The topological polar surface area (TPSA) is 54.2 Å². The number of aromatic nitrogens is 2. The number of para-hydroxylation sites is 2. The van der Waals surface area contributed by atoms with Gasteiger partial charge in [0.1, 0.15) is 0 Å². The molecule has 0 spiro atoms. The molecular weight excluding hydrogens is 262 g/mol. The number of nitrogens with one attached hydrogen (secondary N) is 2. The lowest BCUT2D eigenvalue weighted by atomic mass is 10.3. The highest BCUT2D eigenvalue weighted by molar-refractivity contribution is 5.80. The molecule has 2 N–H and O–H groups in total. The summed E-state index contributed by atoms with van der Waals surface area (Å²) in [7, 11) is 0. The van der Waals surface area contributed by atoms with Crippen molar-refractivity contribution in [2.75, 3.05) is 13.1 Å². The maximum atomic E-state index is 4.63. The third kappa shape index (κ3) is 3.74. The first-order chi connectivity index (χ1) is 10.4. The van der Waals surface area contributed by atoms with E-state index < -0.39 is 0 Å². The van der Waals surface area contributed by atoms with Crippen molar-refractivity contribution in [2.45, 2.75) is 38.8 Å². The normalized spacial score (nSPS) is 15.4. The summed E-state index contributed by atoms with van der Waals surface area (Å²) in [5, 5.41) is 6.73. The molecule has 0 radical (unpaired) electrons. The number of fused-ring (bicyclic) bond motifs is 1. The smallest absolute Gasteiger partial charge is 0.191 e. The first-order valence-corrected chi connectivity index (χ1v) is 7.81. The van der Waals surface area contributed by atoms with Gasteiger partial charge in [0.15, 0.2) is 5.96 Å². The third-order valence-electron chi connectivity index (χ3n) is 3.62. The minimum absolute atomic E-state index is 0.639. The molecule has 112 valence electrons. The van der Waals surface area contributed by atoms with Crippen LogP contribution in [0, 0.1) is 0 Å². The van der Waals surface area contributed by atoms with E-state index >= 15 is 0 Å². The van der Waals surface area contributed by atoms with Gasteiger partial charge in [0.05, 0.1) is 17.4 Å². The Morgan fingerprint density at radius 1 is 1.38 bits per heavy atom. The first kappa shape index (κ1) is 13.9. The van der Waals surface area contributed by atoms with Crippen LogP contribution < -0.4 is 10.6 Å². The zero-order chi connectivity index (χ0) is 14.5. The number of imidazole rings is 1. The molecule has 5 heteroatoms. The summed E-state index contributed by atoms with van der Waals surface area (Å²) < 4.78 is 2.20. The molecule has 21 heavy (non-hydrogen) atoms. The van der Waals surface area contributed by atoms with Gasteiger partial charge in [0, 0.05) is 25.7 Å². The first-order valence-electron chi connectivity index (χ1n) is 7.81. The fourth-order valence-corrected chi connectivity index (χ4v) is 2.36. The van der Waals surface area contributed by atoms with E-state index in [1.54, 1.807) is 0 Å². The molecular formula is C16H23N5. The van der Waals surface area contributed by atoms with Crippen molar-refractivity contribution in [3.05, 3.63) is 30.6 Å². The Morgan fingerprint density at radius 3 is 3.05 bits per heavy atom. The zero-order valence-electron chi connectivity index (χ0n) is 12.5. The summed E-state index contributed by atoms with van der Waals surface area (Å²) in [5.74, 6) is 0.954. The number of guanidine groups is 1. The molecule has 1 heterocycles. The summed E-state index contributed by atoms with van der Waals surface area (Å²) in [4.78, 5) is 9.05. The Morgan fingerprint density at radius 2 is 2.24 bits per heavy atom. The fraction of sp³-hybridized carbons (Fsp3) is 0.500. The van der Waals surface area contributed by atoms with Gasteiger partial charge in [0.25, 0.3) is 0 Å². The van der Waals surface area contributed by atoms with Crippen LogP contribution in [0.1, 0.15) is 26.2 Å². The van der Waals surface area contributed by atoms with Gasteiger partial charge in [-0.1, -0.05) is 12.1 Å². The maximum Gasteiger partial charge on any atom is 0.191 e. The summed E-state index contributed by atoms with van der Waals surface area (Å²) in [6, 6.07) is 8.88. The predicted molar refractivity (Wildman–Crippen MR) is 86.5 cm³/mol. The highest BCUT2D eigenvalue weighted by Crippen LogP contribution is 2.18. The summed E-state index contributed by atoms with van der Waals surface area (Å²) >= 11 is 0. The lowest BCUT2D eigenvalue weighted by molar-refractivity contribution is 0.661. The molecule has 0 aliphatic heterocycles. The highest BCUT2D eigenvalue weighted by Gasteiger charge is 2.21. The van der Waals surface area contributed by atoms with Crippen LogP contribution >= 0.6 is 0 Å². The lowest BCUT2D eigenvalue weighted by Gasteiger charge is -2.10.